The number of nitrogens with zero attached hydrogens (tertiary/aromatic N) is 2. The van der Waals surface area contributed by atoms with Gasteiger partial charge in [0.2, 0.25) is 0 Å². The highest BCUT2D eigenvalue weighted by molar-refractivity contribution is 5.62. The van der Waals surface area contributed by atoms with Gasteiger partial charge in [0.25, 0.3) is 0 Å². The van der Waals surface area contributed by atoms with Gasteiger partial charge in [-0.25, -0.2) is 4.68 Å². The Labute approximate surface area is 101 Å². The highest BCUT2D eigenvalue weighted by Crippen LogP contribution is 2.21. The van der Waals surface area contributed by atoms with Crippen LogP contribution in [0.1, 0.15) is 31.0 Å². The van der Waals surface area contributed by atoms with Crippen LogP contribution in [0.25, 0.3) is 5.69 Å². The van der Waals surface area contributed by atoms with Crippen LogP contribution in [0.4, 0.5) is 0 Å². The molecule has 0 bridgehead atoms. The number of benzene rings is 1. The van der Waals surface area contributed by atoms with Crippen LogP contribution in [0.15, 0.2) is 36.5 Å². The molecular formula is C14H16N2O. The summed E-state index contributed by atoms with van der Waals surface area (Å²) in [6.07, 6.45) is 3.62. The van der Waals surface area contributed by atoms with Crippen molar-refractivity contribution in [3.8, 4) is 5.69 Å². The first-order valence-electron chi connectivity index (χ1n) is 5.85. The minimum Gasteiger partial charge on any atom is -0.303 e. The monoisotopic (exact) mass is 228 g/mol. The summed E-state index contributed by atoms with van der Waals surface area (Å²) in [6.45, 7) is 3.98. The molecule has 3 nitrogen and oxygen atoms in total. The molecule has 2 rings (SSSR count). The first-order valence-corrected chi connectivity index (χ1v) is 5.85. The molecular weight excluding hydrogens is 212 g/mol. The molecule has 0 amide bonds. The molecule has 0 saturated carbocycles. The average Bonchev–Trinajstić information content (AvgIpc) is 2.82. The molecule has 0 aliphatic rings. The second-order valence-electron chi connectivity index (χ2n) is 4.07. The molecule has 0 aliphatic heterocycles. The Bertz CT molecular complexity index is 502. The summed E-state index contributed by atoms with van der Waals surface area (Å²) in [7, 11) is 0. The van der Waals surface area contributed by atoms with Crippen molar-refractivity contribution in [2.75, 3.05) is 0 Å². The summed E-state index contributed by atoms with van der Waals surface area (Å²) in [6, 6.07) is 9.98. The Morgan fingerprint density at radius 3 is 2.65 bits per heavy atom. The normalized spacial score (nSPS) is 12.4. The van der Waals surface area contributed by atoms with Gasteiger partial charge >= 0.3 is 0 Å². The molecule has 0 fully saturated rings. The standard InChI is InChI=1S/C14H16N2O/c1-3-14-13(11(2)10-17)9-15-16(14)12-7-5-4-6-8-12/h4-11H,3H2,1-2H3. The second-order valence-corrected chi connectivity index (χ2v) is 4.07. The van der Waals surface area contributed by atoms with Crippen molar-refractivity contribution < 1.29 is 4.79 Å². The number of para-hydroxylation sites is 1. The third kappa shape index (κ3) is 2.13. The van der Waals surface area contributed by atoms with Gasteiger partial charge in [0.05, 0.1) is 11.9 Å². The Kier molecular flexibility index (Phi) is 3.38. The number of aldehydes is 1. The summed E-state index contributed by atoms with van der Waals surface area (Å²) in [5, 5.41) is 4.38. The largest absolute Gasteiger partial charge is 0.303 e. The lowest BCUT2D eigenvalue weighted by atomic mass is 10.0. The molecule has 1 aromatic heterocycles. The molecule has 1 aromatic carbocycles. The van der Waals surface area contributed by atoms with Crippen LogP contribution in [0.3, 0.4) is 0 Å². The highest BCUT2D eigenvalue weighted by atomic mass is 16.1. The van der Waals surface area contributed by atoms with Gasteiger partial charge in [-0.2, -0.15) is 5.10 Å². The molecule has 0 radical (unpaired) electrons. The maximum absolute atomic E-state index is 10.9. The van der Waals surface area contributed by atoms with Crippen molar-refractivity contribution in [1.82, 2.24) is 9.78 Å². The summed E-state index contributed by atoms with van der Waals surface area (Å²) >= 11 is 0. The molecule has 1 atom stereocenters. The predicted octanol–water partition coefficient (Wildman–Crippen LogP) is 2.74. The second kappa shape index (κ2) is 4.95. The van der Waals surface area contributed by atoms with Gasteiger partial charge in [-0.05, 0) is 18.6 Å². The van der Waals surface area contributed by atoms with E-state index in [0.29, 0.717) is 0 Å². The lowest BCUT2D eigenvalue weighted by molar-refractivity contribution is -0.108. The fourth-order valence-corrected chi connectivity index (χ4v) is 1.99. The van der Waals surface area contributed by atoms with Crippen molar-refractivity contribution >= 4 is 6.29 Å². The Balaban J connectivity index is 2.50. The molecule has 2 aromatic rings. The number of hydrogen-bond acceptors (Lipinski definition) is 2. The zero-order chi connectivity index (χ0) is 12.3. The van der Waals surface area contributed by atoms with Gasteiger partial charge in [-0.1, -0.05) is 32.0 Å². The van der Waals surface area contributed by atoms with Gasteiger partial charge in [-0.15, -0.1) is 0 Å². The van der Waals surface area contributed by atoms with E-state index < -0.39 is 0 Å². The number of aromatic nitrogens is 2. The molecule has 0 saturated heterocycles. The van der Waals surface area contributed by atoms with Crippen LogP contribution >= 0.6 is 0 Å². The average molecular weight is 228 g/mol. The van der Waals surface area contributed by atoms with E-state index in [4.69, 9.17) is 0 Å². The van der Waals surface area contributed by atoms with E-state index in [1.807, 2.05) is 41.9 Å². The van der Waals surface area contributed by atoms with Crippen molar-refractivity contribution in [2.45, 2.75) is 26.2 Å². The van der Waals surface area contributed by atoms with E-state index in [2.05, 4.69) is 12.0 Å². The molecule has 3 heteroatoms. The molecule has 0 N–H and O–H groups in total. The van der Waals surface area contributed by atoms with Crippen molar-refractivity contribution in [3.63, 3.8) is 0 Å². The van der Waals surface area contributed by atoms with E-state index in [0.717, 1.165) is 29.7 Å². The minimum atomic E-state index is -0.0950. The maximum Gasteiger partial charge on any atom is 0.127 e. The van der Waals surface area contributed by atoms with Gasteiger partial charge in [0, 0.05) is 17.2 Å². The minimum absolute atomic E-state index is 0.0950. The molecule has 1 unspecified atom stereocenters. The third-order valence-electron chi connectivity index (χ3n) is 2.93. The quantitative estimate of drug-likeness (QED) is 0.754. The van der Waals surface area contributed by atoms with Gasteiger partial charge < -0.3 is 4.79 Å². The highest BCUT2D eigenvalue weighted by Gasteiger charge is 2.15. The topological polar surface area (TPSA) is 34.9 Å². The van der Waals surface area contributed by atoms with Crippen molar-refractivity contribution in [3.05, 3.63) is 47.8 Å². The van der Waals surface area contributed by atoms with Crippen LogP contribution in [0.5, 0.6) is 0 Å². The fourth-order valence-electron chi connectivity index (χ4n) is 1.99. The van der Waals surface area contributed by atoms with E-state index >= 15 is 0 Å². The van der Waals surface area contributed by atoms with Crippen molar-refractivity contribution in [1.29, 1.82) is 0 Å². The predicted molar refractivity (Wildman–Crippen MR) is 67.4 cm³/mol. The third-order valence-corrected chi connectivity index (χ3v) is 2.93. The van der Waals surface area contributed by atoms with Gasteiger partial charge in [0.15, 0.2) is 0 Å². The van der Waals surface area contributed by atoms with Crippen LogP contribution < -0.4 is 0 Å². The Morgan fingerprint density at radius 2 is 2.06 bits per heavy atom. The lowest BCUT2D eigenvalue weighted by Gasteiger charge is -2.08. The zero-order valence-corrected chi connectivity index (χ0v) is 10.1. The van der Waals surface area contributed by atoms with E-state index in [9.17, 15) is 4.79 Å². The molecule has 1 heterocycles. The zero-order valence-electron chi connectivity index (χ0n) is 10.1. The van der Waals surface area contributed by atoms with Gasteiger partial charge in [-0.3, -0.25) is 0 Å². The number of carbonyl (C=O) groups excluding carboxylic acids is 1. The van der Waals surface area contributed by atoms with E-state index in [1.54, 1.807) is 6.20 Å². The molecule has 88 valence electrons. The van der Waals surface area contributed by atoms with Crippen molar-refractivity contribution in [2.24, 2.45) is 0 Å². The van der Waals surface area contributed by atoms with Crippen LogP contribution in [-0.2, 0) is 11.2 Å². The van der Waals surface area contributed by atoms with E-state index in [-0.39, 0.29) is 5.92 Å². The Hall–Kier alpha value is -1.90. The SMILES string of the molecule is CCc1c(C(C)C=O)cnn1-c1ccccc1. The lowest BCUT2D eigenvalue weighted by Crippen LogP contribution is -2.04. The number of hydrogen-bond donors (Lipinski definition) is 0. The first kappa shape index (κ1) is 11.6. The summed E-state index contributed by atoms with van der Waals surface area (Å²) in [4.78, 5) is 10.9. The molecule has 0 aliphatic carbocycles. The summed E-state index contributed by atoms with van der Waals surface area (Å²) < 4.78 is 1.91. The van der Waals surface area contributed by atoms with Crippen LogP contribution in [0, 0.1) is 0 Å². The van der Waals surface area contributed by atoms with Crippen LogP contribution in [-0.4, -0.2) is 16.1 Å². The first-order chi connectivity index (χ1) is 8.27. The van der Waals surface area contributed by atoms with Gasteiger partial charge in [0.1, 0.15) is 6.29 Å². The van der Waals surface area contributed by atoms with Crippen LogP contribution in [0.2, 0.25) is 0 Å². The molecule has 17 heavy (non-hydrogen) atoms. The van der Waals surface area contributed by atoms with E-state index in [1.165, 1.54) is 0 Å². The fraction of sp³-hybridized carbons (Fsp3) is 0.286. The molecule has 0 spiro atoms. The smallest absolute Gasteiger partial charge is 0.127 e. The number of carbonyl (C=O) groups is 1. The maximum atomic E-state index is 10.9. The summed E-state index contributed by atoms with van der Waals surface area (Å²) in [5.41, 5.74) is 3.16. The Morgan fingerprint density at radius 1 is 1.35 bits per heavy atom. The number of rotatable bonds is 4. The summed E-state index contributed by atoms with van der Waals surface area (Å²) in [5.74, 6) is -0.0950.